The van der Waals surface area contributed by atoms with Gasteiger partial charge in [0, 0.05) is 31.6 Å². The number of para-hydroxylation sites is 1. The van der Waals surface area contributed by atoms with Gasteiger partial charge in [-0.05, 0) is 35.9 Å². The Kier molecular flexibility index (Phi) is 6.21. The first-order valence-electron chi connectivity index (χ1n) is 11.6. The third kappa shape index (κ3) is 4.56. The molecule has 1 fully saturated rings. The highest BCUT2D eigenvalue weighted by molar-refractivity contribution is 5.95. The van der Waals surface area contributed by atoms with E-state index in [1.165, 1.54) is 23.0 Å². The fourth-order valence-electron chi connectivity index (χ4n) is 4.65. The second-order valence-corrected chi connectivity index (χ2v) is 8.70. The summed E-state index contributed by atoms with van der Waals surface area (Å²) in [6.07, 6.45) is -3.02. The minimum atomic E-state index is -4.45. The van der Waals surface area contributed by atoms with Gasteiger partial charge in [0.05, 0.1) is 29.6 Å². The van der Waals surface area contributed by atoms with Gasteiger partial charge in [-0.2, -0.15) is 18.4 Å². The number of carbonyl (C=O) groups excluding carboxylic acids is 1. The van der Waals surface area contributed by atoms with Crippen molar-refractivity contribution in [3.8, 4) is 6.07 Å². The quantitative estimate of drug-likeness (QED) is 0.407. The minimum absolute atomic E-state index is 0.0118. The van der Waals surface area contributed by atoms with E-state index in [0.29, 0.717) is 48.3 Å². The van der Waals surface area contributed by atoms with Crippen molar-refractivity contribution < 1.29 is 22.4 Å². The summed E-state index contributed by atoms with van der Waals surface area (Å²) in [5, 5.41) is 10.7. The smallest absolute Gasteiger partial charge is 0.416 e. The first kappa shape index (κ1) is 24.2. The van der Waals surface area contributed by atoms with Crippen LogP contribution in [0.1, 0.15) is 27.2 Å². The highest BCUT2D eigenvalue weighted by atomic mass is 19.4. The number of carbonyl (C=O) groups is 1. The molecule has 0 spiro atoms. The zero-order chi connectivity index (χ0) is 26.2. The van der Waals surface area contributed by atoms with Gasteiger partial charge in [0.2, 0.25) is 0 Å². The molecule has 2 aromatic carbocycles. The SMILES string of the molecule is N#Cc1c(N2CCN(C(=O)c3ccco3)CC2)c2ccccc2n(Cc2ccc(C(F)(F)F)cc2)c1=O. The number of halogens is 3. The van der Waals surface area contributed by atoms with Gasteiger partial charge >= 0.3 is 6.18 Å². The lowest BCUT2D eigenvalue weighted by atomic mass is 10.1. The Morgan fingerprint density at radius 2 is 1.68 bits per heavy atom. The number of aromatic nitrogens is 1. The molecule has 188 valence electrons. The summed E-state index contributed by atoms with van der Waals surface area (Å²) < 4.78 is 45.5. The van der Waals surface area contributed by atoms with Crippen molar-refractivity contribution in [2.45, 2.75) is 12.7 Å². The third-order valence-corrected chi connectivity index (χ3v) is 6.49. The fraction of sp³-hybridized carbons (Fsp3) is 0.222. The van der Waals surface area contributed by atoms with Gasteiger partial charge in [0.15, 0.2) is 5.76 Å². The fourth-order valence-corrected chi connectivity index (χ4v) is 4.65. The van der Waals surface area contributed by atoms with Gasteiger partial charge in [0.1, 0.15) is 11.6 Å². The van der Waals surface area contributed by atoms with Crippen LogP contribution >= 0.6 is 0 Å². The molecule has 1 aliphatic rings. The van der Waals surface area contributed by atoms with Gasteiger partial charge in [0.25, 0.3) is 11.5 Å². The van der Waals surface area contributed by atoms with Crippen LogP contribution in [0.5, 0.6) is 0 Å². The lowest BCUT2D eigenvalue weighted by Gasteiger charge is -2.36. The van der Waals surface area contributed by atoms with Gasteiger partial charge in [-0.3, -0.25) is 9.59 Å². The van der Waals surface area contributed by atoms with Gasteiger partial charge in [-0.25, -0.2) is 0 Å². The molecule has 5 rings (SSSR count). The number of hydrogen-bond acceptors (Lipinski definition) is 5. The molecule has 0 unspecified atom stereocenters. The number of furan rings is 1. The maximum absolute atomic E-state index is 13.5. The van der Waals surface area contributed by atoms with E-state index in [2.05, 4.69) is 0 Å². The number of amides is 1. The largest absolute Gasteiger partial charge is 0.459 e. The molecule has 2 aromatic heterocycles. The summed E-state index contributed by atoms with van der Waals surface area (Å²) in [7, 11) is 0. The average Bonchev–Trinajstić information content (AvgIpc) is 3.44. The molecule has 0 aliphatic carbocycles. The topological polar surface area (TPSA) is 82.5 Å². The van der Waals surface area contributed by atoms with Crippen LogP contribution in [0.3, 0.4) is 0 Å². The molecule has 0 N–H and O–H groups in total. The van der Waals surface area contributed by atoms with Crippen LogP contribution in [0.15, 0.2) is 76.1 Å². The molecular weight excluding hydrogens is 485 g/mol. The Morgan fingerprint density at radius 3 is 2.30 bits per heavy atom. The van der Waals surface area contributed by atoms with Crippen LogP contribution in [0.25, 0.3) is 10.9 Å². The van der Waals surface area contributed by atoms with E-state index in [1.807, 2.05) is 17.0 Å². The lowest BCUT2D eigenvalue weighted by molar-refractivity contribution is -0.137. The molecule has 10 heteroatoms. The highest BCUT2D eigenvalue weighted by Crippen LogP contribution is 2.31. The normalized spacial score (nSPS) is 14.1. The maximum atomic E-state index is 13.5. The van der Waals surface area contributed by atoms with Crippen molar-refractivity contribution in [1.29, 1.82) is 5.26 Å². The van der Waals surface area contributed by atoms with Crippen LogP contribution in [0.4, 0.5) is 18.9 Å². The number of nitriles is 1. The number of alkyl halides is 3. The molecule has 1 aliphatic heterocycles. The van der Waals surface area contributed by atoms with Crippen molar-refractivity contribution in [2.24, 2.45) is 0 Å². The molecule has 0 radical (unpaired) electrons. The average molecular weight is 506 g/mol. The number of piperazine rings is 1. The van der Waals surface area contributed by atoms with E-state index < -0.39 is 17.3 Å². The summed E-state index contributed by atoms with van der Waals surface area (Å²) in [4.78, 5) is 29.7. The number of pyridine rings is 1. The van der Waals surface area contributed by atoms with Crippen molar-refractivity contribution >= 4 is 22.5 Å². The van der Waals surface area contributed by atoms with E-state index in [1.54, 1.807) is 35.2 Å². The number of fused-ring (bicyclic) bond motifs is 1. The monoisotopic (exact) mass is 506 g/mol. The Morgan fingerprint density at radius 1 is 0.973 bits per heavy atom. The molecule has 1 amide bonds. The first-order chi connectivity index (χ1) is 17.8. The first-order valence-corrected chi connectivity index (χ1v) is 11.6. The van der Waals surface area contributed by atoms with E-state index in [0.717, 1.165) is 12.1 Å². The Bertz CT molecular complexity index is 1540. The van der Waals surface area contributed by atoms with Crippen LogP contribution < -0.4 is 10.5 Å². The highest BCUT2D eigenvalue weighted by Gasteiger charge is 2.30. The van der Waals surface area contributed by atoms with Crippen LogP contribution in [0, 0.1) is 11.3 Å². The van der Waals surface area contributed by atoms with Gasteiger partial charge in [-0.15, -0.1) is 0 Å². The van der Waals surface area contributed by atoms with E-state index in [4.69, 9.17) is 4.42 Å². The molecule has 1 saturated heterocycles. The summed E-state index contributed by atoms with van der Waals surface area (Å²) >= 11 is 0. The van der Waals surface area contributed by atoms with Gasteiger partial charge < -0.3 is 18.8 Å². The molecule has 3 heterocycles. The summed E-state index contributed by atoms with van der Waals surface area (Å²) in [6, 6.07) is 17.1. The maximum Gasteiger partial charge on any atom is 0.416 e. The number of nitrogens with zero attached hydrogens (tertiary/aromatic N) is 4. The Labute approximate surface area is 209 Å². The van der Waals surface area contributed by atoms with E-state index in [-0.39, 0.29) is 23.8 Å². The minimum Gasteiger partial charge on any atom is -0.459 e. The molecule has 0 bridgehead atoms. The van der Waals surface area contributed by atoms with Crippen LogP contribution in [-0.4, -0.2) is 41.6 Å². The van der Waals surface area contributed by atoms with Crippen LogP contribution in [-0.2, 0) is 12.7 Å². The second-order valence-electron chi connectivity index (χ2n) is 8.70. The lowest BCUT2D eigenvalue weighted by Crippen LogP contribution is -2.49. The van der Waals surface area contributed by atoms with Crippen molar-refractivity contribution in [3.05, 3.63) is 99.7 Å². The predicted molar refractivity (Wildman–Crippen MR) is 130 cm³/mol. The number of rotatable bonds is 4. The zero-order valence-electron chi connectivity index (χ0n) is 19.5. The third-order valence-electron chi connectivity index (χ3n) is 6.49. The Balaban J connectivity index is 1.49. The summed E-state index contributed by atoms with van der Waals surface area (Å²) in [6.45, 7) is 1.60. The zero-order valence-corrected chi connectivity index (χ0v) is 19.5. The summed E-state index contributed by atoms with van der Waals surface area (Å²) in [5.74, 6) is 0.0319. The van der Waals surface area contributed by atoms with E-state index in [9.17, 15) is 28.0 Å². The predicted octanol–water partition coefficient (Wildman–Crippen LogP) is 4.50. The molecule has 4 aromatic rings. The molecular formula is C27H21F3N4O3. The molecule has 0 saturated carbocycles. The molecule has 0 atom stereocenters. The standard InChI is InChI=1S/C27H21F3N4O3/c28-27(29,30)19-9-7-18(8-10-19)17-34-22-5-2-1-4-20(22)24(21(16-31)25(34)35)32-11-13-33(14-12-32)26(36)23-6-3-15-37-23/h1-10,15H,11-14,17H2. The second kappa shape index (κ2) is 9.50. The number of benzene rings is 2. The molecule has 7 nitrogen and oxygen atoms in total. The summed E-state index contributed by atoms with van der Waals surface area (Å²) in [5.41, 5.74) is 0.224. The number of hydrogen-bond donors (Lipinski definition) is 0. The van der Waals surface area contributed by atoms with E-state index >= 15 is 0 Å². The van der Waals surface area contributed by atoms with Crippen LogP contribution in [0.2, 0.25) is 0 Å². The van der Waals surface area contributed by atoms with Crippen molar-refractivity contribution in [2.75, 3.05) is 31.1 Å². The van der Waals surface area contributed by atoms with Crippen molar-refractivity contribution in [3.63, 3.8) is 0 Å². The number of anilines is 1. The molecule has 37 heavy (non-hydrogen) atoms. The van der Waals surface area contributed by atoms with Crippen molar-refractivity contribution in [1.82, 2.24) is 9.47 Å². The Hall–Kier alpha value is -4.52. The van der Waals surface area contributed by atoms with Gasteiger partial charge in [-0.1, -0.05) is 30.3 Å².